The molecule has 110 valence electrons. The molecule has 0 aliphatic carbocycles. The number of carbonyl (C=O) groups is 1. The maximum Gasteiger partial charge on any atom is 0.321 e. The summed E-state index contributed by atoms with van der Waals surface area (Å²) in [6.07, 6.45) is 3.49. The average molecular weight is 275 g/mol. The molecule has 2 atom stereocenters. The summed E-state index contributed by atoms with van der Waals surface area (Å²) in [5.74, 6) is 0.648. The summed E-state index contributed by atoms with van der Waals surface area (Å²) in [6, 6.07) is 7.79. The molecule has 1 aromatic rings. The van der Waals surface area contributed by atoms with E-state index in [0.29, 0.717) is 5.92 Å². The molecule has 1 aromatic carbocycles. The molecule has 20 heavy (non-hydrogen) atoms. The number of anilines is 1. The highest BCUT2D eigenvalue weighted by molar-refractivity contribution is 5.89. The van der Waals surface area contributed by atoms with E-state index in [4.69, 9.17) is 5.73 Å². The molecule has 1 aliphatic rings. The van der Waals surface area contributed by atoms with Crippen LogP contribution >= 0.6 is 0 Å². The Morgan fingerprint density at radius 3 is 2.75 bits per heavy atom. The summed E-state index contributed by atoms with van der Waals surface area (Å²) in [4.78, 5) is 14.2. The number of nitrogens with one attached hydrogen (secondary N) is 1. The maximum absolute atomic E-state index is 12.2. The van der Waals surface area contributed by atoms with Crippen molar-refractivity contribution in [1.82, 2.24) is 4.90 Å². The molecule has 1 heterocycles. The number of urea groups is 1. The SMILES string of the molecule is CCC1CCCN(C(=O)Nc2ccc(C(C)N)cc2)C1. The molecule has 0 saturated carbocycles. The van der Waals surface area contributed by atoms with E-state index < -0.39 is 0 Å². The summed E-state index contributed by atoms with van der Waals surface area (Å²) >= 11 is 0. The second kappa shape index (κ2) is 6.75. The van der Waals surface area contributed by atoms with Crippen molar-refractivity contribution < 1.29 is 4.79 Å². The molecule has 1 fully saturated rings. The Hall–Kier alpha value is -1.55. The van der Waals surface area contributed by atoms with Crippen LogP contribution in [0, 0.1) is 5.92 Å². The molecule has 0 radical (unpaired) electrons. The number of amides is 2. The third-order valence-corrected chi connectivity index (χ3v) is 4.07. The lowest BCUT2D eigenvalue weighted by molar-refractivity contribution is 0.176. The Balaban J connectivity index is 1.93. The molecule has 1 saturated heterocycles. The Morgan fingerprint density at radius 1 is 1.45 bits per heavy atom. The van der Waals surface area contributed by atoms with Crippen molar-refractivity contribution in [1.29, 1.82) is 0 Å². The van der Waals surface area contributed by atoms with E-state index in [2.05, 4.69) is 12.2 Å². The fraction of sp³-hybridized carbons (Fsp3) is 0.562. The summed E-state index contributed by atoms with van der Waals surface area (Å²) < 4.78 is 0. The second-order valence-electron chi connectivity index (χ2n) is 5.70. The van der Waals surface area contributed by atoms with E-state index in [1.165, 1.54) is 6.42 Å². The van der Waals surface area contributed by atoms with Crippen LogP contribution in [0.15, 0.2) is 24.3 Å². The van der Waals surface area contributed by atoms with Crippen molar-refractivity contribution >= 4 is 11.7 Å². The second-order valence-corrected chi connectivity index (χ2v) is 5.70. The fourth-order valence-electron chi connectivity index (χ4n) is 2.66. The van der Waals surface area contributed by atoms with Crippen LogP contribution in [-0.4, -0.2) is 24.0 Å². The quantitative estimate of drug-likeness (QED) is 0.888. The Kier molecular flexibility index (Phi) is 5.01. The van der Waals surface area contributed by atoms with Crippen LogP contribution in [0.3, 0.4) is 0 Å². The Bertz CT molecular complexity index is 442. The van der Waals surface area contributed by atoms with Gasteiger partial charge in [0.1, 0.15) is 0 Å². The van der Waals surface area contributed by atoms with Gasteiger partial charge < -0.3 is 16.0 Å². The standard InChI is InChI=1S/C16H25N3O/c1-3-13-5-4-10-19(11-13)16(20)18-15-8-6-14(7-9-15)12(2)17/h6-9,12-13H,3-5,10-11,17H2,1-2H3,(H,18,20). The van der Waals surface area contributed by atoms with Gasteiger partial charge in [0.15, 0.2) is 0 Å². The van der Waals surface area contributed by atoms with Crippen LogP contribution in [0.1, 0.15) is 44.7 Å². The van der Waals surface area contributed by atoms with Crippen molar-refractivity contribution in [2.45, 2.75) is 39.2 Å². The van der Waals surface area contributed by atoms with Gasteiger partial charge in [-0.2, -0.15) is 0 Å². The zero-order chi connectivity index (χ0) is 14.5. The summed E-state index contributed by atoms with van der Waals surface area (Å²) in [7, 11) is 0. The minimum Gasteiger partial charge on any atom is -0.324 e. The van der Waals surface area contributed by atoms with Crippen LogP contribution in [-0.2, 0) is 0 Å². The van der Waals surface area contributed by atoms with Gasteiger partial charge in [-0.15, -0.1) is 0 Å². The summed E-state index contributed by atoms with van der Waals surface area (Å²) in [5, 5.41) is 2.97. The van der Waals surface area contributed by atoms with Crippen LogP contribution in [0.2, 0.25) is 0 Å². The predicted octanol–water partition coefficient (Wildman–Crippen LogP) is 3.36. The molecule has 0 spiro atoms. The molecule has 1 aliphatic heterocycles. The average Bonchev–Trinajstić information content (AvgIpc) is 2.47. The molecule has 4 nitrogen and oxygen atoms in total. The van der Waals surface area contributed by atoms with Crippen molar-refractivity contribution in [3.8, 4) is 0 Å². The maximum atomic E-state index is 12.2. The van der Waals surface area contributed by atoms with E-state index in [0.717, 1.165) is 37.2 Å². The number of carbonyl (C=O) groups excluding carboxylic acids is 1. The lowest BCUT2D eigenvalue weighted by Crippen LogP contribution is -2.42. The molecule has 2 unspecified atom stereocenters. The Morgan fingerprint density at radius 2 is 2.15 bits per heavy atom. The van der Waals surface area contributed by atoms with E-state index in [1.807, 2.05) is 36.1 Å². The Labute approximate surface area is 121 Å². The lowest BCUT2D eigenvalue weighted by atomic mass is 9.96. The molecule has 3 N–H and O–H groups in total. The molecular formula is C16H25N3O. The monoisotopic (exact) mass is 275 g/mol. The molecule has 0 aromatic heterocycles. The van der Waals surface area contributed by atoms with Gasteiger partial charge in [-0.1, -0.05) is 25.5 Å². The van der Waals surface area contributed by atoms with Gasteiger partial charge in [0.05, 0.1) is 0 Å². The molecule has 2 rings (SSSR count). The number of rotatable bonds is 3. The lowest BCUT2D eigenvalue weighted by Gasteiger charge is -2.32. The highest BCUT2D eigenvalue weighted by Crippen LogP contribution is 2.20. The van der Waals surface area contributed by atoms with E-state index in [-0.39, 0.29) is 12.1 Å². The zero-order valence-electron chi connectivity index (χ0n) is 12.4. The number of nitrogens with zero attached hydrogens (tertiary/aromatic N) is 1. The van der Waals surface area contributed by atoms with Gasteiger partial charge in [0.25, 0.3) is 0 Å². The highest BCUT2D eigenvalue weighted by atomic mass is 16.2. The van der Waals surface area contributed by atoms with Crippen LogP contribution < -0.4 is 11.1 Å². The first-order valence-corrected chi connectivity index (χ1v) is 7.51. The molecule has 2 amide bonds. The van der Waals surface area contributed by atoms with Crippen molar-refractivity contribution in [2.75, 3.05) is 18.4 Å². The topological polar surface area (TPSA) is 58.4 Å². The number of benzene rings is 1. The fourth-order valence-corrected chi connectivity index (χ4v) is 2.66. The number of hydrogen-bond donors (Lipinski definition) is 2. The van der Waals surface area contributed by atoms with Crippen molar-refractivity contribution in [3.63, 3.8) is 0 Å². The first-order valence-electron chi connectivity index (χ1n) is 7.51. The van der Waals surface area contributed by atoms with Gasteiger partial charge in [-0.05, 0) is 43.4 Å². The van der Waals surface area contributed by atoms with Crippen LogP contribution in [0.25, 0.3) is 0 Å². The van der Waals surface area contributed by atoms with Crippen molar-refractivity contribution in [2.24, 2.45) is 11.7 Å². The van der Waals surface area contributed by atoms with E-state index >= 15 is 0 Å². The van der Waals surface area contributed by atoms with E-state index in [1.54, 1.807) is 0 Å². The van der Waals surface area contributed by atoms with Gasteiger partial charge >= 0.3 is 6.03 Å². The first kappa shape index (κ1) is 14.9. The molecule has 4 heteroatoms. The number of piperidine rings is 1. The minimum atomic E-state index is 0.0108. The third-order valence-electron chi connectivity index (χ3n) is 4.07. The van der Waals surface area contributed by atoms with Crippen molar-refractivity contribution in [3.05, 3.63) is 29.8 Å². The van der Waals surface area contributed by atoms with Gasteiger partial charge in [-0.3, -0.25) is 0 Å². The minimum absolute atomic E-state index is 0.0108. The van der Waals surface area contributed by atoms with Gasteiger partial charge in [0, 0.05) is 24.8 Å². The highest BCUT2D eigenvalue weighted by Gasteiger charge is 2.22. The first-order chi connectivity index (χ1) is 9.60. The largest absolute Gasteiger partial charge is 0.324 e. The smallest absolute Gasteiger partial charge is 0.321 e. The van der Waals surface area contributed by atoms with E-state index in [9.17, 15) is 4.79 Å². The number of likely N-dealkylation sites (tertiary alicyclic amines) is 1. The van der Waals surface area contributed by atoms with Crippen LogP contribution in [0.4, 0.5) is 10.5 Å². The summed E-state index contributed by atoms with van der Waals surface area (Å²) in [6.45, 7) is 5.88. The zero-order valence-corrected chi connectivity index (χ0v) is 12.4. The number of nitrogens with two attached hydrogens (primary N) is 1. The normalized spacial score (nSPS) is 20.6. The predicted molar refractivity (Wildman–Crippen MR) is 82.7 cm³/mol. The molecular weight excluding hydrogens is 250 g/mol. The number of hydrogen-bond acceptors (Lipinski definition) is 2. The van der Waals surface area contributed by atoms with Gasteiger partial charge in [-0.25, -0.2) is 4.79 Å². The third kappa shape index (κ3) is 3.73. The van der Waals surface area contributed by atoms with Crippen LogP contribution in [0.5, 0.6) is 0 Å². The molecule has 0 bridgehead atoms. The summed E-state index contributed by atoms with van der Waals surface area (Å²) in [5.41, 5.74) is 7.72. The van der Waals surface area contributed by atoms with Gasteiger partial charge in [0.2, 0.25) is 0 Å².